The molecule has 1 atom stereocenters. The van der Waals surface area contributed by atoms with Gasteiger partial charge in [-0.2, -0.15) is 13.2 Å². The van der Waals surface area contributed by atoms with Gasteiger partial charge < -0.3 is 4.90 Å². The highest BCUT2D eigenvalue weighted by Crippen LogP contribution is 2.27. The Bertz CT molecular complexity index is 824. The lowest BCUT2D eigenvalue weighted by Crippen LogP contribution is -2.44. The van der Waals surface area contributed by atoms with E-state index in [1.54, 1.807) is 36.0 Å². The predicted octanol–water partition coefficient (Wildman–Crippen LogP) is 2.27. The molecule has 1 aromatic heterocycles. The maximum atomic E-state index is 12.7. The number of nitrogens with zero attached hydrogens (tertiary/aromatic N) is 3. The van der Waals surface area contributed by atoms with Crippen LogP contribution >= 0.6 is 0 Å². The molecule has 2 aromatic rings. The van der Waals surface area contributed by atoms with E-state index in [1.165, 1.54) is 10.7 Å². The third-order valence-corrected chi connectivity index (χ3v) is 4.54. The molecule has 0 saturated carbocycles. The van der Waals surface area contributed by atoms with Crippen molar-refractivity contribution in [1.29, 1.82) is 0 Å². The summed E-state index contributed by atoms with van der Waals surface area (Å²) in [6, 6.07) is 9.86. The molecular weight excluding hydrogens is 335 g/mol. The van der Waals surface area contributed by atoms with Gasteiger partial charge in [0, 0.05) is 37.8 Å². The van der Waals surface area contributed by atoms with Crippen LogP contribution in [0.4, 0.5) is 13.2 Å². The Kier molecular flexibility index (Phi) is 4.45. The zero-order chi connectivity index (χ0) is 18.2. The number of halogens is 3. The van der Waals surface area contributed by atoms with E-state index in [4.69, 9.17) is 0 Å². The van der Waals surface area contributed by atoms with Gasteiger partial charge in [0.2, 0.25) is 0 Å². The van der Waals surface area contributed by atoms with Crippen LogP contribution in [-0.4, -0.2) is 38.9 Å². The van der Waals surface area contributed by atoms with Crippen LogP contribution in [0.25, 0.3) is 5.69 Å². The minimum atomic E-state index is -4.87. The van der Waals surface area contributed by atoms with Crippen LogP contribution in [-0.2, 0) is 18.3 Å². The summed E-state index contributed by atoms with van der Waals surface area (Å²) in [6.07, 6.45) is -3.63. The van der Waals surface area contributed by atoms with E-state index in [1.807, 2.05) is 6.07 Å². The van der Waals surface area contributed by atoms with E-state index in [0.29, 0.717) is 24.2 Å². The summed E-state index contributed by atoms with van der Waals surface area (Å²) >= 11 is 0. The Hall–Kier alpha value is -2.51. The van der Waals surface area contributed by atoms with Gasteiger partial charge in [0.15, 0.2) is 0 Å². The van der Waals surface area contributed by atoms with Crippen molar-refractivity contribution in [1.82, 2.24) is 14.3 Å². The first-order valence-corrected chi connectivity index (χ1v) is 8.00. The maximum Gasteiger partial charge on any atom is 0.471 e. The first-order chi connectivity index (χ1) is 11.8. The van der Waals surface area contributed by atoms with Crippen LogP contribution in [0.3, 0.4) is 0 Å². The van der Waals surface area contributed by atoms with Crippen LogP contribution in [0.1, 0.15) is 18.5 Å². The normalized spacial score (nSPS) is 17.9. The van der Waals surface area contributed by atoms with Gasteiger partial charge in [-0.1, -0.05) is 18.2 Å². The molecule has 0 bridgehead atoms. The van der Waals surface area contributed by atoms with Crippen molar-refractivity contribution in [2.75, 3.05) is 6.54 Å². The largest absolute Gasteiger partial charge is 0.471 e. The molecule has 2 heterocycles. The average molecular weight is 353 g/mol. The van der Waals surface area contributed by atoms with E-state index < -0.39 is 18.1 Å². The van der Waals surface area contributed by atoms with Gasteiger partial charge >= 0.3 is 12.1 Å². The highest BCUT2D eigenvalue weighted by atomic mass is 19.4. The van der Waals surface area contributed by atoms with Crippen molar-refractivity contribution >= 4 is 5.91 Å². The molecule has 1 saturated heterocycles. The highest BCUT2D eigenvalue weighted by Gasteiger charge is 2.46. The van der Waals surface area contributed by atoms with Crippen molar-refractivity contribution in [3.05, 3.63) is 52.4 Å². The number of carbonyl (C=O) groups excluding carboxylic acids is 1. The molecule has 0 radical (unpaired) electrons. The molecule has 0 spiro atoms. The van der Waals surface area contributed by atoms with E-state index in [9.17, 15) is 22.8 Å². The molecule has 8 heteroatoms. The molecule has 0 aliphatic carbocycles. The quantitative estimate of drug-likeness (QED) is 0.850. The van der Waals surface area contributed by atoms with Crippen molar-refractivity contribution in [3.63, 3.8) is 0 Å². The smallest absolute Gasteiger partial charge is 0.332 e. The third kappa shape index (κ3) is 3.33. The maximum absolute atomic E-state index is 12.7. The fourth-order valence-electron chi connectivity index (χ4n) is 3.35. The molecule has 134 valence electrons. The summed E-state index contributed by atoms with van der Waals surface area (Å²) in [5.41, 5.74) is 1.02. The fourth-order valence-corrected chi connectivity index (χ4v) is 3.35. The minimum Gasteiger partial charge on any atom is -0.332 e. The van der Waals surface area contributed by atoms with Crippen molar-refractivity contribution in [2.45, 2.75) is 31.5 Å². The second kappa shape index (κ2) is 6.42. The highest BCUT2D eigenvalue weighted by molar-refractivity contribution is 5.82. The first kappa shape index (κ1) is 17.3. The van der Waals surface area contributed by atoms with E-state index >= 15 is 0 Å². The number of likely N-dealkylation sites (tertiary alicyclic amines) is 1. The first-order valence-electron chi connectivity index (χ1n) is 8.00. The number of hydrogen-bond acceptors (Lipinski definition) is 2. The predicted molar refractivity (Wildman–Crippen MR) is 85.5 cm³/mol. The lowest BCUT2D eigenvalue weighted by molar-refractivity contribution is -0.186. The number of benzene rings is 1. The molecule has 3 rings (SSSR count). The van der Waals surface area contributed by atoms with Crippen molar-refractivity contribution in [2.24, 2.45) is 7.05 Å². The monoisotopic (exact) mass is 353 g/mol. The van der Waals surface area contributed by atoms with Gasteiger partial charge in [-0.05, 0) is 25.0 Å². The summed E-state index contributed by atoms with van der Waals surface area (Å²) in [5.74, 6) is -1.80. The lowest BCUT2D eigenvalue weighted by Gasteiger charge is -2.25. The summed E-state index contributed by atoms with van der Waals surface area (Å²) in [5, 5.41) is 0. The van der Waals surface area contributed by atoms with Crippen LogP contribution in [0.15, 0.2) is 41.2 Å². The number of aromatic nitrogens is 2. The second-order valence-corrected chi connectivity index (χ2v) is 6.14. The van der Waals surface area contributed by atoms with Crippen LogP contribution in [0.5, 0.6) is 0 Å². The van der Waals surface area contributed by atoms with Gasteiger partial charge in [-0.15, -0.1) is 0 Å². The molecule has 0 unspecified atom stereocenters. The third-order valence-electron chi connectivity index (χ3n) is 4.54. The van der Waals surface area contributed by atoms with E-state index in [-0.39, 0.29) is 18.5 Å². The molecular formula is C17H18F3N3O2. The topological polar surface area (TPSA) is 47.2 Å². The number of alkyl halides is 3. The van der Waals surface area contributed by atoms with Crippen LogP contribution in [0, 0.1) is 0 Å². The van der Waals surface area contributed by atoms with Gasteiger partial charge in [-0.25, -0.2) is 4.68 Å². The minimum absolute atomic E-state index is 0.0936. The Morgan fingerprint density at radius 3 is 2.56 bits per heavy atom. The summed E-state index contributed by atoms with van der Waals surface area (Å²) < 4.78 is 41.3. The van der Waals surface area contributed by atoms with Gasteiger partial charge in [0.25, 0.3) is 5.56 Å². The van der Waals surface area contributed by atoms with Gasteiger partial charge in [-0.3, -0.25) is 14.3 Å². The standard InChI is InChI=1S/C17H18F3N3O2/c1-21-14(11-15(24)23(21)12-6-3-2-4-7-12)10-13-8-5-9-22(13)16(25)17(18,19)20/h2-4,6-7,11,13H,5,8-10H2,1H3/t13-/m1/s1. The number of hydrogen-bond donors (Lipinski definition) is 0. The van der Waals surface area contributed by atoms with E-state index in [0.717, 1.165) is 4.90 Å². The fraction of sp³-hybridized carbons (Fsp3) is 0.412. The Morgan fingerprint density at radius 1 is 1.24 bits per heavy atom. The Morgan fingerprint density at radius 2 is 1.92 bits per heavy atom. The molecule has 1 aliphatic rings. The van der Waals surface area contributed by atoms with Gasteiger partial charge in [0.1, 0.15) is 0 Å². The zero-order valence-electron chi connectivity index (χ0n) is 13.7. The Balaban J connectivity index is 1.87. The molecule has 1 aromatic carbocycles. The van der Waals surface area contributed by atoms with Crippen LogP contribution < -0.4 is 5.56 Å². The second-order valence-electron chi connectivity index (χ2n) is 6.14. The van der Waals surface area contributed by atoms with E-state index in [2.05, 4.69) is 0 Å². The molecule has 5 nitrogen and oxygen atoms in total. The number of amides is 1. The van der Waals surface area contributed by atoms with Crippen LogP contribution in [0.2, 0.25) is 0 Å². The average Bonchev–Trinajstić information content (AvgIpc) is 3.12. The summed E-state index contributed by atoms with van der Waals surface area (Å²) in [7, 11) is 1.69. The SMILES string of the molecule is Cn1c(C[C@H]2CCCN2C(=O)C(F)(F)F)cc(=O)n1-c1ccccc1. The zero-order valence-corrected chi connectivity index (χ0v) is 13.7. The number of carbonyl (C=O) groups is 1. The molecule has 25 heavy (non-hydrogen) atoms. The number of rotatable bonds is 3. The summed E-state index contributed by atoms with van der Waals surface area (Å²) in [6.45, 7) is 0.0936. The number of para-hydroxylation sites is 1. The molecule has 1 aliphatic heterocycles. The summed E-state index contributed by atoms with van der Waals surface area (Å²) in [4.78, 5) is 24.7. The molecule has 0 N–H and O–H groups in total. The van der Waals surface area contributed by atoms with Crippen molar-refractivity contribution in [3.8, 4) is 5.69 Å². The van der Waals surface area contributed by atoms with Crippen molar-refractivity contribution < 1.29 is 18.0 Å². The Labute approximate surface area is 142 Å². The van der Waals surface area contributed by atoms with Gasteiger partial charge in [0.05, 0.1) is 5.69 Å². The molecule has 1 amide bonds. The molecule has 1 fully saturated rings. The lowest BCUT2D eigenvalue weighted by atomic mass is 10.1.